The van der Waals surface area contributed by atoms with Crippen LogP contribution in [0.25, 0.3) is 11.0 Å². The lowest BCUT2D eigenvalue weighted by molar-refractivity contribution is -0.141. The van der Waals surface area contributed by atoms with Gasteiger partial charge in [0.05, 0.1) is 6.54 Å². The summed E-state index contributed by atoms with van der Waals surface area (Å²) in [5.41, 5.74) is 4.91. The van der Waals surface area contributed by atoms with Crippen molar-refractivity contribution in [2.45, 2.75) is 32.1 Å². The van der Waals surface area contributed by atoms with Crippen LogP contribution >= 0.6 is 0 Å². The van der Waals surface area contributed by atoms with E-state index in [1.807, 2.05) is 13.0 Å². The Balaban J connectivity index is 2.27. The minimum atomic E-state index is -4.77. The minimum Gasteiger partial charge on any atom is -0.355 e. The largest absolute Gasteiger partial charge is 0.437 e. The van der Waals surface area contributed by atoms with Gasteiger partial charge >= 0.3 is 6.18 Å². The first kappa shape index (κ1) is 17.2. The molecule has 1 aromatic carbocycles. The average molecular weight is 351 g/mol. The van der Waals surface area contributed by atoms with Crippen LogP contribution in [-0.4, -0.2) is 9.72 Å². The SMILES string of the molecule is CCC(N)c1cc2onc(C(F)(F)F)c2c(=O)n1Cc1ccccc1. The summed E-state index contributed by atoms with van der Waals surface area (Å²) in [6.07, 6.45) is -4.26. The van der Waals surface area contributed by atoms with Gasteiger partial charge in [-0.1, -0.05) is 42.4 Å². The Morgan fingerprint density at radius 1 is 1.28 bits per heavy atom. The summed E-state index contributed by atoms with van der Waals surface area (Å²) in [5.74, 6) is 0. The quantitative estimate of drug-likeness (QED) is 0.781. The molecule has 0 saturated heterocycles. The Labute approximate surface area is 140 Å². The summed E-state index contributed by atoms with van der Waals surface area (Å²) in [4.78, 5) is 12.8. The predicted molar refractivity (Wildman–Crippen MR) is 86.0 cm³/mol. The van der Waals surface area contributed by atoms with Gasteiger partial charge < -0.3 is 14.8 Å². The van der Waals surface area contributed by atoms with Crippen LogP contribution in [0.15, 0.2) is 45.7 Å². The van der Waals surface area contributed by atoms with Crippen molar-refractivity contribution in [2.75, 3.05) is 0 Å². The third kappa shape index (κ3) is 3.17. The number of nitrogens with zero attached hydrogens (tertiary/aromatic N) is 2. The lowest BCUT2D eigenvalue weighted by Crippen LogP contribution is -2.29. The van der Waals surface area contributed by atoms with Crippen LogP contribution in [0.1, 0.15) is 36.3 Å². The number of hydrogen-bond donors (Lipinski definition) is 1. The van der Waals surface area contributed by atoms with Crippen LogP contribution in [-0.2, 0) is 12.7 Å². The molecule has 132 valence electrons. The number of hydrogen-bond acceptors (Lipinski definition) is 4. The molecular formula is C17H16F3N3O2. The Hall–Kier alpha value is -2.61. The first-order valence-corrected chi connectivity index (χ1v) is 7.72. The highest BCUT2D eigenvalue weighted by atomic mass is 19.4. The van der Waals surface area contributed by atoms with Gasteiger partial charge in [0.2, 0.25) is 5.69 Å². The molecule has 1 atom stereocenters. The van der Waals surface area contributed by atoms with Crippen molar-refractivity contribution in [3.05, 3.63) is 63.7 Å². The van der Waals surface area contributed by atoms with E-state index in [2.05, 4.69) is 5.16 Å². The summed E-state index contributed by atoms with van der Waals surface area (Å²) < 4.78 is 45.4. The van der Waals surface area contributed by atoms with E-state index in [9.17, 15) is 18.0 Å². The normalized spacial score (nSPS) is 13.3. The molecule has 3 aromatic rings. The van der Waals surface area contributed by atoms with Gasteiger partial charge in [-0.15, -0.1) is 0 Å². The molecule has 25 heavy (non-hydrogen) atoms. The van der Waals surface area contributed by atoms with Gasteiger partial charge in [0.15, 0.2) is 5.58 Å². The fourth-order valence-corrected chi connectivity index (χ4v) is 2.71. The van der Waals surface area contributed by atoms with Crippen LogP contribution in [0.4, 0.5) is 13.2 Å². The molecule has 2 aromatic heterocycles. The Kier molecular flexibility index (Phi) is 4.38. The second-order valence-corrected chi connectivity index (χ2v) is 5.73. The van der Waals surface area contributed by atoms with Gasteiger partial charge in [-0.05, 0) is 12.0 Å². The lowest BCUT2D eigenvalue weighted by Gasteiger charge is -2.17. The molecule has 2 N–H and O–H groups in total. The third-order valence-electron chi connectivity index (χ3n) is 4.04. The minimum absolute atomic E-state index is 0.112. The van der Waals surface area contributed by atoms with E-state index >= 15 is 0 Å². The maximum atomic E-state index is 13.1. The molecule has 0 saturated carbocycles. The summed E-state index contributed by atoms with van der Waals surface area (Å²) in [6.45, 7) is 1.94. The van der Waals surface area contributed by atoms with Gasteiger partial charge in [-0.3, -0.25) is 4.79 Å². The highest BCUT2D eigenvalue weighted by Crippen LogP contribution is 2.33. The zero-order chi connectivity index (χ0) is 18.2. The van der Waals surface area contributed by atoms with Crippen molar-refractivity contribution in [3.8, 4) is 0 Å². The Morgan fingerprint density at radius 2 is 1.96 bits per heavy atom. The molecule has 5 nitrogen and oxygen atoms in total. The smallest absolute Gasteiger partial charge is 0.355 e. The summed E-state index contributed by atoms with van der Waals surface area (Å²) in [5, 5.41) is 2.47. The molecule has 0 spiro atoms. The van der Waals surface area contributed by atoms with E-state index < -0.39 is 28.9 Å². The van der Waals surface area contributed by atoms with Crippen molar-refractivity contribution >= 4 is 11.0 Å². The molecule has 0 amide bonds. The predicted octanol–water partition coefficient (Wildman–Crippen LogP) is 3.47. The first-order valence-electron chi connectivity index (χ1n) is 7.72. The van der Waals surface area contributed by atoms with E-state index in [0.717, 1.165) is 5.56 Å². The molecule has 0 aliphatic carbocycles. The van der Waals surface area contributed by atoms with Gasteiger partial charge in [-0.25, -0.2) is 0 Å². The number of fused-ring (bicyclic) bond motifs is 1. The molecular weight excluding hydrogens is 335 g/mol. The van der Waals surface area contributed by atoms with Gasteiger partial charge in [0.1, 0.15) is 5.39 Å². The molecule has 0 aliphatic rings. The zero-order valence-corrected chi connectivity index (χ0v) is 13.4. The molecule has 0 radical (unpaired) electrons. The van der Waals surface area contributed by atoms with Crippen LogP contribution < -0.4 is 11.3 Å². The van der Waals surface area contributed by atoms with Crippen molar-refractivity contribution in [2.24, 2.45) is 5.73 Å². The topological polar surface area (TPSA) is 74.1 Å². The summed E-state index contributed by atoms with van der Waals surface area (Å²) in [7, 11) is 0. The number of nitrogens with two attached hydrogens (primary N) is 1. The standard InChI is InChI=1S/C17H16F3N3O2/c1-2-11(21)12-8-13-14(15(22-25-13)17(18,19)20)16(24)23(12)9-10-6-4-3-5-7-10/h3-8,11H,2,9,21H2,1H3. The van der Waals surface area contributed by atoms with Crippen molar-refractivity contribution in [1.82, 2.24) is 9.72 Å². The molecule has 0 aliphatic heterocycles. The van der Waals surface area contributed by atoms with Gasteiger partial charge in [0.25, 0.3) is 5.56 Å². The van der Waals surface area contributed by atoms with E-state index in [-0.39, 0.29) is 12.1 Å². The number of alkyl halides is 3. The van der Waals surface area contributed by atoms with E-state index in [0.29, 0.717) is 12.1 Å². The van der Waals surface area contributed by atoms with Crippen LogP contribution in [0.5, 0.6) is 0 Å². The monoisotopic (exact) mass is 351 g/mol. The lowest BCUT2D eigenvalue weighted by atomic mass is 10.1. The number of aromatic nitrogens is 2. The fourth-order valence-electron chi connectivity index (χ4n) is 2.71. The van der Waals surface area contributed by atoms with E-state index in [1.165, 1.54) is 10.6 Å². The first-order chi connectivity index (χ1) is 11.8. The number of benzene rings is 1. The Morgan fingerprint density at radius 3 is 2.56 bits per heavy atom. The van der Waals surface area contributed by atoms with Crippen molar-refractivity contribution < 1.29 is 17.7 Å². The summed E-state index contributed by atoms with van der Waals surface area (Å²) in [6, 6.07) is 9.83. The van der Waals surface area contributed by atoms with E-state index in [1.54, 1.807) is 24.3 Å². The molecule has 0 fully saturated rings. The fraction of sp³-hybridized carbons (Fsp3) is 0.294. The van der Waals surface area contributed by atoms with Crippen molar-refractivity contribution in [1.29, 1.82) is 0 Å². The maximum Gasteiger partial charge on any atom is 0.437 e. The van der Waals surface area contributed by atoms with Crippen LogP contribution in [0.2, 0.25) is 0 Å². The molecule has 0 bridgehead atoms. The molecule has 3 rings (SSSR count). The second kappa shape index (κ2) is 6.36. The number of pyridine rings is 1. The molecule has 8 heteroatoms. The van der Waals surface area contributed by atoms with Crippen molar-refractivity contribution in [3.63, 3.8) is 0 Å². The van der Waals surface area contributed by atoms with Crippen LogP contribution in [0, 0.1) is 0 Å². The highest BCUT2D eigenvalue weighted by Gasteiger charge is 2.39. The van der Waals surface area contributed by atoms with E-state index in [4.69, 9.17) is 10.3 Å². The zero-order valence-electron chi connectivity index (χ0n) is 13.4. The van der Waals surface area contributed by atoms with Crippen LogP contribution in [0.3, 0.4) is 0 Å². The third-order valence-corrected chi connectivity index (χ3v) is 4.04. The number of rotatable bonds is 4. The molecule has 1 unspecified atom stereocenters. The average Bonchev–Trinajstić information content (AvgIpc) is 3.02. The van der Waals surface area contributed by atoms with Gasteiger partial charge in [-0.2, -0.15) is 13.2 Å². The molecule has 2 heterocycles. The number of halogens is 3. The summed E-state index contributed by atoms with van der Waals surface area (Å²) >= 11 is 0. The van der Waals surface area contributed by atoms with Gasteiger partial charge in [0, 0.05) is 17.8 Å². The highest BCUT2D eigenvalue weighted by molar-refractivity contribution is 5.79. The second-order valence-electron chi connectivity index (χ2n) is 5.73. The Bertz CT molecular complexity index is 945. The maximum absolute atomic E-state index is 13.1.